The molecule has 2 aromatic carbocycles. The van der Waals surface area contributed by atoms with Crippen LogP contribution in [0.5, 0.6) is 5.75 Å². The molecule has 2 N–H and O–H groups in total. The maximum atomic E-state index is 12.0. The molecule has 0 bridgehead atoms. The molecule has 0 saturated carbocycles. The van der Waals surface area contributed by atoms with Gasteiger partial charge in [-0.2, -0.15) is 0 Å². The van der Waals surface area contributed by atoms with Crippen LogP contribution in [-0.4, -0.2) is 18.4 Å². The molecule has 0 aliphatic rings. The highest BCUT2D eigenvalue weighted by molar-refractivity contribution is 5.94. The van der Waals surface area contributed by atoms with Gasteiger partial charge in [-0.3, -0.25) is 9.59 Å². The molecule has 2 amide bonds. The van der Waals surface area contributed by atoms with Gasteiger partial charge in [-0.05, 0) is 42.3 Å². The fourth-order valence-corrected chi connectivity index (χ4v) is 2.08. The molecule has 0 heterocycles. The first-order valence-electron chi connectivity index (χ1n) is 7.46. The summed E-state index contributed by atoms with van der Waals surface area (Å²) >= 11 is 0. The fraction of sp³-hybridized carbons (Fsp3) is 0.222. The summed E-state index contributed by atoms with van der Waals surface area (Å²) in [4.78, 5) is 23.0. The number of benzene rings is 2. The quantitative estimate of drug-likeness (QED) is 0.860. The lowest BCUT2D eigenvalue weighted by atomic mass is 10.2. The molecule has 0 aliphatic heterocycles. The van der Waals surface area contributed by atoms with Crippen LogP contribution in [0.4, 0.5) is 11.4 Å². The highest BCUT2D eigenvalue weighted by Crippen LogP contribution is 2.16. The smallest absolute Gasteiger partial charge is 0.262 e. The second-order valence-corrected chi connectivity index (χ2v) is 5.10. The Labute approximate surface area is 135 Å². The van der Waals surface area contributed by atoms with E-state index in [1.807, 2.05) is 24.3 Å². The van der Waals surface area contributed by atoms with Crippen molar-refractivity contribution in [1.29, 1.82) is 0 Å². The van der Waals surface area contributed by atoms with Crippen molar-refractivity contribution in [3.05, 3.63) is 54.1 Å². The predicted octanol–water partition coefficient (Wildman–Crippen LogP) is 3.22. The van der Waals surface area contributed by atoms with Crippen molar-refractivity contribution in [2.24, 2.45) is 0 Å². The largest absolute Gasteiger partial charge is 0.484 e. The van der Waals surface area contributed by atoms with Gasteiger partial charge in [0.25, 0.3) is 5.91 Å². The molecule has 5 nitrogen and oxygen atoms in total. The molecule has 2 aromatic rings. The summed E-state index contributed by atoms with van der Waals surface area (Å²) in [6.07, 6.45) is 0.916. The van der Waals surface area contributed by atoms with E-state index in [4.69, 9.17) is 4.74 Å². The lowest BCUT2D eigenvalue weighted by molar-refractivity contribution is -0.118. The van der Waals surface area contributed by atoms with Crippen LogP contribution < -0.4 is 15.4 Å². The number of hydrogen-bond donors (Lipinski definition) is 2. The van der Waals surface area contributed by atoms with Crippen LogP contribution in [-0.2, 0) is 16.0 Å². The Morgan fingerprint density at radius 3 is 2.39 bits per heavy atom. The molecule has 0 radical (unpaired) electrons. The molecule has 23 heavy (non-hydrogen) atoms. The van der Waals surface area contributed by atoms with E-state index >= 15 is 0 Å². The molecular formula is C18H20N2O3. The molecule has 0 saturated heterocycles. The molecule has 0 aromatic heterocycles. The number of aryl methyl sites for hydroxylation is 1. The van der Waals surface area contributed by atoms with Crippen LogP contribution in [0.3, 0.4) is 0 Å². The zero-order valence-electron chi connectivity index (χ0n) is 13.3. The molecule has 120 valence electrons. The highest BCUT2D eigenvalue weighted by atomic mass is 16.5. The van der Waals surface area contributed by atoms with Crippen molar-refractivity contribution >= 4 is 23.2 Å². The molecule has 0 atom stereocenters. The Morgan fingerprint density at radius 2 is 1.70 bits per heavy atom. The third-order valence-electron chi connectivity index (χ3n) is 3.14. The van der Waals surface area contributed by atoms with Crippen molar-refractivity contribution in [3.63, 3.8) is 0 Å². The normalized spacial score (nSPS) is 10.0. The Hall–Kier alpha value is -2.82. The minimum absolute atomic E-state index is 0.0719. The summed E-state index contributed by atoms with van der Waals surface area (Å²) in [5.74, 6) is 0.256. The minimum Gasteiger partial charge on any atom is -0.484 e. The number of ether oxygens (including phenoxy) is 1. The Bertz CT molecular complexity index is 698. The maximum Gasteiger partial charge on any atom is 0.262 e. The van der Waals surface area contributed by atoms with Gasteiger partial charge in [-0.15, -0.1) is 0 Å². The van der Waals surface area contributed by atoms with Crippen molar-refractivity contribution in [2.45, 2.75) is 20.3 Å². The van der Waals surface area contributed by atoms with Crippen LogP contribution in [0.25, 0.3) is 0 Å². The first kappa shape index (κ1) is 16.5. The number of nitrogens with one attached hydrogen (secondary N) is 2. The van der Waals surface area contributed by atoms with E-state index in [2.05, 4.69) is 17.6 Å². The van der Waals surface area contributed by atoms with E-state index in [0.29, 0.717) is 17.1 Å². The van der Waals surface area contributed by atoms with Crippen molar-refractivity contribution in [2.75, 3.05) is 17.2 Å². The van der Waals surface area contributed by atoms with E-state index in [-0.39, 0.29) is 18.4 Å². The van der Waals surface area contributed by atoms with E-state index in [1.165, 1.54) is 6.92 Å². The SMILES string of the molecule is CCc1cccc(OCC(=O)Nc2cccc(NC(C)=O)c2)c1. The summed E-state index contributed by atoms with van der Waals surface area (Å²) in [5, 5.41) is 5.41. The number of hydrogen-bond acceptors (Lipinski definition) is 3. The zero-order valence-corrected chi connectivity index (χ0v) is 13.3. The number of amides is 2. The summed E-state index contributed by atoms with van der Waals surface area (Å²) in [5.41, 5.74) is 2.39. The third kappa shape index (κ3) is 5.47. The van der Waals surface area contributed by atoms with E-state index in [9.17, 15) is 9.59 Å². The van der Waals surface area contributed by atoms with Gasteiger partial charge >= 0.3 is 0 Å². The second kappa shape index (κ2) is 7.98. The topological polar surface area (TPSA) is 67.4 Å². The molecular weight excluding hydrogens is 292 g/mol. The van der Waals surface area contributed by atoms with Crippen molar-refractivity contribution in [1.82, 2.24) is 0 Å². The Kier molecular flexibility index (Phi) is 5.74. The number of rotatable bonds is 6. The van der Waals surface area contributed by atoms with Gasteiger partial charge in [-0.1, -0.05) is 25.1 Å². The van der Waals surface area contributed by atoms with Crippen LogP contribution in [0, 0.1) is 0 Å². The fourth-order valence-electron chi connectivity index (χ4n) is 2.08. The highest BCUT2D eigenvalue weighted by Gasteiger charge is 2.05. The lowest BCUT2D eigenvalue weighted by Gasteiger charge is -2.09. The molecule has 0 spiro atoms. The van der Waals surface area contributed by atoms with Gasteiger partial charge in [0.15, 0.2) is 6.61 Å². The number of carbonyl (C=O) groups is 2. The summed E-state index contributed by atoms with van der Waals surface area (Å²) < 4.78 is 5.50. The average molecular weight is 312 g/mol. The molecule has 5 heteroatoms. The van der Waals surface area contributed by atoms with Gasteiger partial charge in [0.05, 0.1) is 0 Å². The van der Waals surface area contributed by atoms with Crippen molar-refractivity contribution in [3.8, 4) is 5.75 Å². The average Bonchev–Trinajstić information content (AvgIpc) is 2.53. The summed E-state index contributed by atoms with van der Waals surface area (Å²) in [6.45, 7) is 3.43. The summed E-state index contributed by atoms with van der Waals surface area (Å²) in [7, 11) is 0. The van der Waals surface area contributed by atoms with Gasteiger partial charge in [-0.25, -0.2) is 0 Å². The van der Waals surface area contributed by atoms with Gasteiger partial charge in [0.1, 0.15) is 5.75 Å². The maximum absolute atomic E-state index is 12.0. The van der Waals surface area contributed by atoms with Gasteiger partial charge < -0.3 is 15.4 Å². The second-order valence-electron chi connectivity index (χ2n) is 5.10. The van der Waals surface area contributed by atoms with Crippen molar-refractivity contribution < 1.29 is 14.3 Å². The monoisotopic (exact) mass is 312 g/mol. The zero-order chi connectivity index (χ0) is 16.7. The van der Waals surface area contributed by atoms with E-state index in [0.717, 1.165) is 12.0 Å². The van der Waals surface area contributed by atoms with Crippen LogP contribution in [0.15, 0.2) is 48.5 Å². The van der Waals surface area contributed by atoms with E-state index in [1.54, 1.807) is 24.3 Å². The first-order chi connectivity index (χ1) is 11.1. The summed E-state index contributed by atoms with van der Waals surface area (Å²) in [6, 6.07) is 14.6. The molecule has 2 rings (SSSR count). The Balaban J connectivity index is 1.90. The van der Waals surface area contributed by atoms with Crippen LogP contribution in [0.1, 0.15) is 19.4 Å². The standard InChI is InChI=1S/C18H20N2O3/c1-3-14-6-4-9-17(10-14)23-12-18(22)20-16-8-5-7-15(11-16)19-13(2)21/h4-11H,3,12H2,1-2H3,(H,19,21)(H,20,22). The number of anilines is 2. The molecule has 0 fully saturated rings. The van der Waals surface area contributed by atoms with E-state index < -0.39 is 0 Å². The Morgan fingerprint density at radius 1 is 1.00 bits per heavy atom. The van der Waals surface area contributed by atoms with Crippen LogP contribution in [0.2, 0.25) is 0 Å². The molecule has 0 aliphatic carbocycles. The predicted molar refractivity (Wildman–Crippen MR) is 90.7 cm³/mol. The lowest BCUT2D eigenvalue weighted by Crippen LogP contribution is -2.20. The first-order valence-corrected chi connectivity index (χ1v) is 7.46. The van der Waals surface area contributed by atoms with Crippen LogP contribution >= 0.6 is 0 Å². The third-order valence-corrected chi connectivity index (χ3v) is 3.14. The minimum atomic E-state index is -0.258. The van der Waals surface area contributed by atoms with Gasteiger partial charge in [0.2, 0.25) is 5.91 Å². The number of carbonyl (C=O) groups excluding carboxylic acids is 2. The van der Waals surface area contributed by atoms with Gasteiger partial charge in [0, 0.05) is 18.3 Å². The molecule has 0 unspecified atom stereocenters.